The summed E-state index contributed by atoms with van der Waals surface area (Å²) in [5, 5.41) is 7.06. The topological polar surface area (TPSA) is 75.4 Å². The predicted molar refractivity (Wildman–Crippen MR) is 91.5 cm³/mol. The number of rotatable bonds is 3. The number of hydrogen-bond acceptors (Lipinski definition) is 6. The maximum Gasteiger partial charge on any atom is 0.289 e. The SMILES string of the molecule is O=C(Nc1nc2c(s1)CN(C(=O)c1ccco1)CC2)c1ccsc1. The number of nitrogens with one attached hydrogen (secondary N) is 1. The van der Waals surface area contributed by atoms with Crippen molar-refractivity contribution in [3.63, 3.8) is 0 Å². The number of amides is 2. The van der Waals surface area contributed by atoms with Crippen LogP contribution in [0.4, 0.5) is 5.13 Å². The van der Waals surface area contributed by atoms with Gasteiger partial charge in [0.05, 0.1) is 24.1 Å². The second kappa shape index (κ2) is 6.21. The molecule has 3 aromatic heterocycles. The Bertz CT molecular complexity index is 869. The Kier molecular flexibility index (Phi) is 3.91. The van der Waals surface area contributed by atoms with Crippen LogP contribution in [-0.4, -0.2) is 28.2 Å². The number of hydrogen-bond donors (Lipinski definition) is 1. The molecule has 1 aliphatic rings. The average molecular weight is 359 g/mol. The van der Waals surface area contributed by atoms with Crippen molar-refractivity contribution in [3.05, 3.63) is 57.1 Å². The van der Waals surface area contributed by atoms with E-state index in [0.717, 1.165) is 10.6 Å². The van der Waals surface area contributed by atoms with Gasteiger partial charge in [-0.3, -0.25) is 14.9 Å². The Hall–Kier alpha value is -2.45. The Morgan fingerprint density at radius 1 is 1.33 bits per heavy atom. The minimum Gasteiger partial charge on any atom is -0.459 e. The lowest BCUT2D eigenvalue weighted by atomic mass is 10.1. The van der Waals surface area contributed by atoms with E-state index in [4.69, 9.17) is 4.42 Å². The Labute approximate surface area is 145 Å². The van der Waals surface area contributed by atoms with Crippen LogP contribution < -0.4 is 5.32 Å². The van der Waals surface area contributed by atoms with E-state index in [1.165, 1.54) is 28.9 Å². The van der Waals surface area contributed by atoms with E-state index >= 15 is 0 Å². The van der Waals surface area contributed by atoms with Gasteiger partial charge in [-0.05, 0) is 23.6 Å². The lowest BCUT2D eigenvalue weighted by Crippen LogP contribution is -2.35. The first-order valence-corrected chi connectivity index (χ1v) is 9.11. The van der Waals surface area contributed by atoms with Gasteiger partial charge in [-0.2, -0.15) is 11.3 Å². The summed E-state index contributed by atoms with van der Waals surface area (Å²) in [7, 11) is 0. The van der Waals surface area contributed by atoms with E-state index < -0.39 is 0 Å². The van der Waals surface area contributed by atoms with Gasteiger partial charge in [0.25, 0.3) is 11.8 Å². The molecule has 122 valence electrons. The second-order valence-corrected chi connectivity index (χ2v) is 7.17. The van der Waals surface area contributed by atoms with Crippen LogP contribution in [0, 0.1) is 0 Å². The van der Waals surface area contributed by atoms with Gasteiger partial charge in [0.15, 0.2) is 10.9 Å². The van der Waals surface area contributed by atoms with Crippen LogP contribution in [0.1, 0.15) is 31.5 Å². The number of thiophene rings is 1. The number of fused-ring (bicyclic) bond motifs is 1. The maximum absolute atomic E-state index is 12.4. The fourth-order valence-corrected chi connectivity index (χ4v) is 4.20. The molecular formula is C16H13N3O3S2. The standard InChI is InChI=1S/C16H13N3O3S2/c20-14(10-4-7-23-9-10)18-16-17-11-3-5-19(8-13(11)24-16)15(21)12-2-1-6-22-12/h1-2,4,6-7,9H,3,5,8H2,(H,17,18,20). The molecule has 1 N–H and O–H groups in total. The molecule has 1 aliphatic heterocycles. The molecule has 0 aromatic carbocycles. The van der Waals surface area contributed by atoms with Gasteiger partial charge >= 0.3 is 0 Å². The van der Waals surface area contributed by atoms with Crippen molar-refractivity contribution in [1.82, 2.24) is 9.88 Å². The maximum atomic E-state index is 12.4. The Balaban J connectivity index is 1.48. The zero-order valence-electron chi connectivity index (χ0n) is 12.5. The van der Waals surface area contributed by atoms with Crippen molar-refractivity contribution in [3.8, 4) is 0 Å². The van der Waals surface area contributed by atoms with Gasteiger partial charge in [0.1, 0.15) is 0 Å². The van der Waals surface area contributed by atoms with Gasteiger partial charge in [-0.1, -0.05) is 11.3 Å². The lowest BCUT2D eigenvalue weighted by molar-refractivity contribution is 0.0704. The van der Waals surface area contributed by atoms with Crippen molar-refractivity contribution in [1.29, 1.82) is 0 Å². The molecular weight excluding hydrogens is 346 g/mol. The van der Waals surface area contributed by atoms with Gasteiger partial charge in [-0.15, -0.1) is 0 Å². The highest BCUT2D eigenvalue weighted by Crippen LogP contribution is 2.29. The largest absolute Gasteiger partial charge is 0.459 e. The summed E-state index contributed by atoms with van der Waals surface area (Å²) in [6.45, 7) is 1.08. The number of thiazole rings is 1. The van der Waals surface area contributed by atoms with Crippen LogP contribution in [0.5, 0.6) is 0 Å². The number of carbonyl (C=O) groups is 2. The van der Waals surface area contributed by atoms with Crippen LogP contribution >= 0.6 is 22.7 Å². The predicted octanol–water partition coefficient (Wildman–Crippen LogP) is 3.25. The van der Waals surface area contributed by atoms with Crippen molar-refractivity contribution >= 4 is 39.6 Å². The molecule has 0 atom stereocenters. The molecule has 2 amide bonds. The molecule has 0 radical (unpaired) electrons. The molecule has 4 rings (SSSR count). The van der Waals surface area contributed by atoms with E-state index in [2.05, 4.69) is 10.3 Å². The number of nitrogens with zero attached hydrogens (tertiary/aromatic N) is 2. The molecule has 0 aliphatic carbocycles. The summed E-state index contributed by atoms with van der Waals surface area (Å²) in [6.07, 6.45) is 2.17. The van der Waals surface area contributed by atoms with Crippen LogP contribution in [0.15, 0.2) is 39.6 Å². The summed E-state index contributed by atoms with van der Waals surface area (Å²) >= 11 is 2.89. The highest BCUT2D eigenvalue weighted by Gasteiger charge is 2.26. The quantitative estimate of drug-likeness (QED) is 0.779. The third-order valence-corrected chi connectivity index (χ3v) is 5.44. The summed E-state index contributed by atoms with van der Waals surface area (Å²) in [4.78, 5) is 31.7. The van der Waals surface area contributed by atoms with Crippen molar-refractivity contribution < 1.29 is 14.0 Å². The van der Waals surface area contributed by atoms with E-state index in [1.807, 2.05) is 5.38 Å². The molecule has 24 heavy (non-hydrogen) atoms. The number of furan rings is 1. The first-order chi connectivity index (χ1) is 11.7. The fraction of sp³-hybridized carbons (Fsp3) is 0.188. The molecule has 0 spiro atoms. The van der Waals surface area contributed by atoms with Gasteiger partial charge in [0, 0.05) is 23.2 Å². The van der Waals surface area contributed by atoms with Gasteiger partial charge < -0.3 is 9.32 Å². The third-order valence-electron chi connectivity index (χ3n) is 3.75. The molecule has 4 heterocycles. The third kappa shape index (κ3) is 2.85. The van der Waals surface area contributed by atoms with E-state index in [0.29, 0.717) is 36.0 Å². The molecule has 8 heteroatoms. The monoisotopic (exact) mass is 359 g/mol. The molecule has 6 nitrogen and oxygen atoms in total. The Morgan fingerprint density at radius 2 is 2.25 bits per heavy atom. The average Bonchev–Trinajstić information content (AvgIpc) is 3.32. The van der Waals surface area contributed by atoms with E-state index in [1.54, 1.807) is 28.5 Å². The van der Waals surface area contributed by atoms with Crippen LogP contribution in [0.3, 0.4) is 0 Å². The number of anilines is 1. The minimum absolute atomic E-state index is 0.122. The van der Waals surface area contributed by atoms with Crippen LogP contribution in [0.2, 0.25) is 0 Å². The molecule has 0 saturated heterocycles. The first kappa shape index (κ1) is 15.1. The lowest BCUT2D eigenvalue weighted by Gasteiger charge is -2.25. The Morgan fingerprint density at radius 3 is 3.00 bits per heavy atom. The molecule has 0 fully saturated rings. The van der Waals surface area contributed by atoms with E-state index in [9.17, 15) is 9.59 Å². The van der Waals surface area contributed by atoms with E-state index in [-0.39, 0.29) is 11.8 Å². The molecule has 0 bridgehead atoms. The second-order valence-electron chi connectivity index (χ2n) is 5.31. The highest BCUT2D eigenvalue weighted by molar-refractivity contribution is 7.16. The highest BCUT2D eigenvalue weighted by atomic mass is 32.1. The molecule has 0 saturated carbocycles. The normalized spacial score (nSPS) is 13.6. The summed E-state index contributed by atoms with van der Waals surface area (Å²) in [5.41, 5.74) is 1.58. The zero-order valence-corrected chi connectivity index (χ0v) is 14.2. The van der Waals surface area contributed by atoms with Gasteiger partial charge in [0.2, 0.25) is 0 Å². The smallest absolute Gasteiger partial charge is 0.289 e. The molecule has 3 aromatic rings. The van der Waals surface area contributed by atoms with Crippen LogP contribution in [-0.2, 0) is 13.0 Å². The summed E-state index contributed by atoms with van der Waals surface area (Å²) < 4.78 is 5.18. The molecule has 0 unspecified atom stereocenters. The van der Waals surface area contributed by atoms with Gasteiger partial charge in [-0.25, -0.2) is 4.98 Å². The summed E-state index contributed by atoms with van der Waals surface area (Å²) in [6, 6.07) is 5.14. The van der Waals surface area contributed by atoms with Crippen molar-refractivity contribution in [2.24, 2.45) is 0 Å². The zero-order chi connectivity index (χ0) is 16.5. The number of aromatic nitrogens is 1. The van der Waals surface area contributed by atoms with Crippen molar-refractivity contribution in [2.75, 3.05) is 11.9 Å². The van der Waals surface area contributed by atoms with Crippen molar-refractivity contribution in [2.45, 2.75) is 13.0 Å². The minimum atomic E-state index is -0.161. The number of carbonyl (C=O) groups excluding carboxylic acids is 2. The first-order valence-electron chi connectivity index (χ1n) is 7.35. The summed E-state index contributed by atoms with van der Waals surface area (Å²) in [5.74, 6) is 0.0581. The van der Waals surface area contributed by atoms with Crippen LogP contribution in [0.25, 0.3) is 0 Å². The fourth-order valence-electron chi connectivity index (χ4n) is 2.54.